The molecule has 0 aromatic heterocycles. The Kier molecular flexibility index (Phi) is 4.47. The van der Waals surface area contributed by atoms with Gasteiger partial charge in [-0.3, -0.25) is 4.79 Å². The molecule has 0 spiro atoms. The molecule has 2 aliphatic rings. The molecule has 3 nitrogen and oxygen atoms in total. The molecule has 1 aromatic rings. The van der Waals surface area contributed by atoms with Crippen LogP contribution in [0.2, 0.25) is 0 Å². The van der Waals surface area contributed by atoms with E-state index < -0.39 is 0 Å². The van der Waals surface area contributed by atoms with Gasteiger partial charge in [-0.1, -0.05) is 31.4 Å². The van der Waals surface area contributed by atoms with Crippen molar-refractivity contribution < 1.29 is 14.3 Å². The number of benzene rings is 1. The molecule has 1 aromatic carbocycles. The van der Waals surface area contributed by atoms with Crippen molar-refractivity contribution >= 4 is 5.97 Å². The molecule has 0 bridgehead atoms. The van der Waals surface area contributed by atoms with Crippen LogP contribution in [0.4, 0.5) is 0 Å². The number of ether oxygens (including phenoxy) is 2. The largest absolute Gasteiger partial charge is 0.493 e. The lowest BCUT2D eigenvalue weighted by Crippen LogP contribution is -2.20. The van der Waals surface area contributed by atoms with Crippen molar-refractivity contribution in [2.24, 2.45) is 5.92 Å². The average molecular weight is 288 g/mol. The van der Waals surface area contributed by atoms with E-state index in [0.29, 0.717) is 12.3 Å². The summed E-state index contributed by atoms with van der Waals surface area (Å²) < 4.78 is 10.6. The van der Waals surface area contributed by atoms with Crippen LogP contribution in [0.5, 0.6) is 5.75 Å². The highest BCUT2D eigenvalue weighted by Gasteiger charge is 2.28. The first-order valence-electron chi connectivity index (χ1n) is 8.10. The first-order valence-corrected chi connectivity index (χ1v) is 8.10. The molecule has 1 heterocycles. The van der Waals surface area contributed by atoms with Crippen molar-refractivity contribution in [1.29, 1.82) is 0 Å². The molecule has 0 amide bonds. The normalized spacial score (nSPS) is 19.7. The van der Waals surface area contributed by atoms with Crippen LogP contribution in [-0.2, 0) is 16.0 Å². The number of carbonyl (C=O) groups is 1. The second-order valence-electron chi connectivity index (χ2n) is 6.25. The molecule has 1 atom stereocenters. The molecule has 21 heavy (non-hydrogen) atoms. The third kappa shape index (κ3) is 3.22. The topological polar surface area (TPSA) is 35.5 Å². The Balaban J connectivity index is 1.84. The van der Waals surface area contributed by atoms with Gasteiger partial charge in [0, 0.05) is 6.42 Å². The molecule has 3 heteroatoms. The number of esters is 1. The quantitative estimate of drug-likeness (QED) is 0.789. The zero-order valence-electron chi connectivity index (χ0n) is 12.8. The molecule has 1 aliphatic heterocycles. The molecule has 0 radical (unpaired) electrons. The van der Waals surface area contributed by atoms with Crippen LogP contribution in [0.3, 0.4) is 0 Å². The number of methoxy groups -OCH3 is 1. The highest BCUT2D eigenvalue weighted by Crippen LogP contribution is 2.40. The number of carbonyl (C=O) groups excluding carboxylic acids is 1. The second-order valence-corrected chi connectivity index (χ2v) is 6.25. The van der Waals surface area contributed by atoms with Crippen LogP contribution < -0.4 is 4.74 Å². The van der Waals surface area contributed by atoms with E-state index in [-0.39, 0.29) is 11.9 Å². The summed E-state index contributed by atoms with van der Waals surface area (Å²) in [5, 5.41) is 0. The lowest BCUT2D eigenvalue weighted by atomic mass is 9.75. The van der Waals surface area contributed by atoms with Crippen molar-refractivity contribution in [1.82, 2.24) is 0 Å². The minimum atomic E-state index is -0.105. The van der Waals surface area contributed by atoms with Crippen molar-refractivity contribution in [3.8, 4) is 5.75 Å². The van der Waals surface area contributed by atoms with Gasteiger partial charge in [0.15, 0.2) is 0 Å². The zero-order valence-corrected chi connectivity index (χ0v) is 12.8. The third-order valence-electron chi connectivity index (χ3n) is 4.98. The molecule has 1 unspecified atom stereocenters. The number of hydrogen-bond acceptors (Lipinski definition) is 3. The Hall–Kier alpha value is -1.51. The minimum absolute atomic E-state index is 0.105. The predicted molar refractivity (Wildman–Crippen MR) is 81.6 cm³/mol. The van der Waals surface area contributed by atoms with E-state index in [0.717, 1.165) is 18.8 Å². The first-order chi connectivity index (χ1) is 10.3. The standard InChI is InChI=1S/C18H24O3/c1-20-18(19)12-16(13-5-3-2-4-6-13)15-8-7-14-9-10-21-17(14)11-15/h7-8,11,13,16H,2-6,9-10,12H2,1H3. The summed E-state index contributed by atoms with van der Waals surface area (Å²) in [4.78, 5) is 11.8. The fourth-order valence-electron chi connectivity index (χ4n) is 3.77. The third-order valence-corrected chi connectivity index (χ3v) is 4.98. The van der Waals surface area contributed by atoms with E-state index in [1.807, 2.05) is 0 Å². The Morgan fingerprint density at radius 1 is 1.33 bits per heavy atom. The summed E-state index contributed by atoms with van der Waals surface area (Å²) in [5.41, 5.74) is 2.53. The smallest absolute Gasteiger partial charge is 0.306 e. The Morgan fingerprint density at radius 3 is 2.90 bits per heavy atom. The summed E-state index contributed by atoms with van der Waals surface area (Å²) >= 11 is 0. The molecule has 3 rings (SSSR count). The molecule has 1 fully saturated rings. The zero-order chi connectivity index (χ0) is 14.7. The molecule has 1 saturated carbocycles. The monoisotopic (exact) mass is 288 g/mol. The van der Waals surface area contributed by atoms with Gasteiger partial charge in [-0.25, -0.2) is 0 Å². The van der Waals surface area contributed by atoms with E-state index in [9.17, 15) is 4.79 Å². The maximum absolute atomic E-state index is 11.8. The van der Waals surface area contributed by atoms with Crippen molar-refractivity contribution in [2.75, 3.05) is 13.7 Å². The van der Waals surface area contributed by atoms with E-state index in [1.54, 1.807) is 0 Å². The number of hydrogen-bond donors (Lipinski definition) is 0. The average Bonchev–Trinajstić information content (AvgIpc) is 3.00. The summed E-state index contributed by atoms with van der Waals surface area (Å²) in [5.74, 6) is 1.77. The van der Waals surface area contributed by atoms with Gasteiger partial charge >= 0.3 is 5.97 Å². The van der Waals surface area contributed by atoms with Gasteiger partial charge in [0.2, 0.25) is 0 Å². The van der Waals surface area contributed by atoms with E-state index in [4.69, 9.17) is 9.47 Å². The first kappa shape index (κ1) is 14.4. The summed E-state index contributed by atoms with van der Waals surface area (Å²) in [6, 6.07) is 6.52. The van der Waals surface area contributed by atoms with E-state index in [2.05, 4.69) is 18.2 Å². The molecule has 0 saturated heterocycles. The summed E-state index contributed by atoms with van der Waals surface area (Å²) in [6.07, 6.45) is 7.82. The maximum Gasteiger partial charge on any atom is 0.306 e. The van der Waals surface area contributed by atoms with Crippen molar-refractivity contribution in [2.45, 2.75) is 50.9 Å². The summed E-state index contributed by atoms with van der Waals surface area (Å²) in [6.45, 7) is 0.782. The van der Waals surface area contributed by atoms with Gasteiger partial charge in [0.25, 0.3) is 0 Å². The number of rotatable bonds is 4. The summed E-state index contributed by atoms with van der Waals surface area (Å²) in [7, 11) is 1.48. The minimum Gasteiger partial charge on any atom is -0.493 e. The van der Waals surface area contributed by atoms with Crippen molar-refractivity contribution in [3.05, 3.63) is 29.3 Å². The highest BCUT2D eigenvalue weighted by atomic mass is 16.5. The van der Waals surface area contributed by atoms with E-state index in [1.165, 1.54) is 50.3 Å². The molecule has 114 valence electrons. The van der Waals surface area contributed by atoms with Crippen LogP contribution in [-0.4, -0.2) is 19.7 Å². The maximum atomic E-state index is 11.8. The predicted octanol–water partition coefficient (Wildman–Crippen LogP) is 3.85. The Labute approximate surface area is 126 Å². The lowest BCUT2D eigenvalue weighted by Gasteiger charge is -2.30. The molecule has 0 N–H and O–H groups in total. The van der Waals surface area contributed by atoms with Crippen LogP contribution in [0.1, 0.15) is 55.6 Å². The fourth-order valence-corrected chi connectivity index (χ4v) is 3.77. The van der Waals surface area contributed by atoms with Gasteiger partial charge in [0.1, 0.15) is 5.75 Å². The van der Waals surface area contributed by atoms with Crippen LogP contribution in [0.25, 0.3) is 0 Å². The Bertz CT molecular complexity index is 503. The molecular weight excluding hydrogens is 264 g/mol. The van der Waals surface area contributed by atoms with Crippen LogP contribution >= 0.6 is 0 Å². The molecule has 1 aliphatic carbocycles. The number of fused-ring (bicyclic) bond motifs is 1. The highest BCUT2D eigenvalue weighted by molar-refractivity contribution is 5.70. The second kappa shape index (κ2) is 6.50. The SMILES string of the molecule is COC(=O)CC(c1ccc2c(c1)OCC2)C1CCCCC1. The Morgan fingerprint density at radius 2 is 2.14 bits per heavy atom. The van der Waals surface area contributed by atoms with Crippen LogP contribution in [0, 0.1) is 5.92 Å². The van der Waals surface area contributed by atoms with Crippen LogP contribution in [0.15, 0.2) is 18.2 Å². The molecular formula is C18H24O3. The van der Waals surface area contributed by atoms with Crippen molar-refractivity contribution in [3.63, 3.8) is 0 Å². The van der Waals surface area contributed by atoms with Gasteiger partial charge in [-0.2, -0.15) is 0 Å². The lowest BCUT2D eigenvalue weighted by molar-refractivity contribution is -0.141. The van der Waals surface area contributed by atoms with Gasteiger partial charge in [0.05, 0.1) is 20.1 Å². The van der Waals surface area contributed by atoms with Gasteiger partial charge in [-0.15, -0.1) is 0 Å². The van der Waals surface area contributed by atoms with Gasteiger partial charge < -0.3 is 9.47 Å². The van der Waals surface area contributed by atoms with Gasteiger partial charge in [-0.05, 0) is 41.9 Å². The fraction of sp³-hybridized carbons (Fsp3) is 0.611. The van der Waals surface area contributed by atoms with E-state index >= 15 is 0 Å².